The summed E-state index contributed by atoms with van der Waals surface area (Å²) in [5.41, 5.74) is 0.318. The number of benzene rings is 2. The molecule has 2 N–H and O–H groups in total. The number of hydrogen-bond donors (Lipinski definition) is 2. The molecule has 0 saturated heterocycles. The smallest absolute Gasteiger partial charge is 0.261 e. The highest BCUT2D eigenvalue weighted by molar-refractivity contribution is 7.99. The second kappa shape index (κ2) is 6.40. The molecule has 1 heterocycles. The van der Waals surface area contributed by atoms with Crippen LogP contribution in [0.5, 0.6) is 0 Å². The lowest BCUT2D eigenvalue weighted by molar-refractivity contribution is -0.115. The number of sulfonamides is 1. The third kappa shape index (κ3) is 3.51. The third-order valence-electron chi connectivity index (χ3n) is 3.29. The van der Waals surface area contributed by atoms with Crippen LogP contribution in [-0.2, 0) is 14.8 Å². The zero-order valence-corrected chi connectivity index (χ0v) is 13.8. The first-order chi connectivity index (χ1) is 11.3. The van der Waals surface area contributed by atoms with Gasteiger partial charge in [-0.25, -0.2) is 17.2 Å². The molecule has 0 atom stereocenters. The van der Waals surface area contributed by atoms with Gasteiger partial charge < -0.3 is 5.32 Å². The second-order valence-electron chi connectivity index (χ2n) is 5.04. The van der Waals surface area contributed by atoms with Crippen LogP contribution in [-0.4, -0.2) is 20.1 Å². The molecule has 5 nitrogen and oxygen atoms in total. The Hall–Kier alpha value is -2.13. The second-order valence-corrected chi connectivity index (χ2v) is 7.86. The van der Waals surface area contributed by atoms with Crippen molar-refractivity contribution in [1.82, 2.24) is 0 Å². The topological polar surface area (TPSA) is 75.3 Å². The molecule has 0 saturated carbocycles. The van der Waals surface area contributed by atoms with E-state index in [-0.39, 0.29) is 16.5 Å². The summed E-state index contributed by atoms with van der Waals surface area (Å²) in [6.45, 7) is 0. The van der Waals surface area contributed by atoms with Crippen molar-refractivity contribution in [2.24, 2.45) is 0 Å². The lowest BCUT2D eigenvalue weighted by Gasteiger charge is -2.11. The number of anilines is 2. The number of amides is 1. The van der Waals surface area contributed by atoms with E-state index in [2.05, 4.69) is 10.0 Å². The van der Waals surface area contributed by atoms with Gasteiger partial charge in [0.1, 0.15) is 0 Å². The maximum atomic E-state index is 13.2. The highest BCUT2D eigenvalue weighted by Crippen LogP contribution is 2.33. The van der Waals surface area contributed by atoms with Gasteiger partial charge in [-0.1, -0.05) is 0 Å². The number of nitrogens with one attached hydrogen (secondary N) is 2. The van der Waals surface area contributed by atoms with Gasteiger partial charge in [-0.15, -0.1) is 11.8 Å². The Morgan fingerprint density at radius 1 is 1.08 bits per heavy atom. The summed E-state index contributed by atoms with van der Waals surface area (Å²) in [7, 11) is -4.01. The molecule has 1 aliphatic heterocycles. The summed E-state index contributed by atoms with van der Waals surface area (Å²) in [4.78, 5) is 12.3. The number of thioether (sulfide) groups is 1. The average molecular weight is 370 g/mol. The van der Waals surface area contributed by atoms with E-state index in [1.807, 2.05) is 0 Å². The third-order valence-corrected chi connectivity index (χ3v) is 5.75. The normalized spacial score (nSPS) is 14.5. The van der Waals surface area contributed by atoms with Crippen molar-refractivity contribution >= 4 is 39.1 Å². The molecule has 3 rings (SSSR count). The average Bonchev–Trinajstić information content (AvgIpc) is 2.70. The Labute approximate surface area is 141 Å². The Morgan fingerprint density at radius 3 is 2.62 bits per heavy atom. The molecule has 2 aromatic rings. The van der Waals surface area contributed by atoms with Crippen LogP contribution >= 0.6 is 11.8 Å². The molecule has 0 unspecified atom stereocenters. The largest absolute Gasteiger partial charge is 0.325 e. The van der Waals surface area contributed by atoms with Gasteiger partial charge in [0, 0.05) is 23.1 Å². The van der Waals surface area contributed by atoms with Crippen LogP contribution in [0.15, 0.2) is 46.2 Å². The van der Waals surface area contributed by atoms with Crippen molar-refractivity contribution in [2.45, 2.75) is 16.2 Å². The van der Waals surface area contributed by atoms with Crippen molar-refractivity contribution in [3.05, 3.63) is 48.0 Å². The highest BCUT2D eigenvalue weighted by Gasteiger charge is 2.20. The fraction of sp³-hybridized carbons (Fsp3) is 0.133. The van der Waals surface area contributed by atoms with Crippen molar-refractivity contribution in [3.8, 4) is 0 Å². The molecule has 0 aliphatic carbocycles. The standard InChI is InChI=1S/C15H12F2N2O3S2/c16-11-3-1-9(7-12(11)17)19-24(21,22)10-2-4-14-13(8-10)18-15(20)5-6-23-14/h1-4,7-8,19H,5-6H2,(H,18,20). The fourth-order valence-corrected chi connectivity index (χ4v) is 4.15. The molecule has 0 spiro atoms. The van der Waals surface area contributed by atoms with Gasteiger partial charge in [0.05, 0.1) is 16.3 Å². The molecular formula is C15H12F2N2O3S2. The molecular weight excluding hydrogens is 358 g/mol. The Balaban J connectivity index is 1.92. The van der Waals surface area contributed by atoms with E-state index >= 15 is 0 Å². The lowest BCUT2D eigenvalue weighted by Crippen LogP contribution is -2.15. The van der Waals surface area contributed by atoms with Gasteiger partial charge in [0.25, 0.3) is 10.0 Å². The Kier molecular flexibility index (Phi) is 4.46. The van der Waals surface area contributed by atoms with Crippen molar-refractivity contribution in [1.29, 1.82) is 0 Å². The van der Waals surface area contributed by atoms with Crippen molar-refractivity contribution in [3.63, 3.8) is 0 Å². The maximum Gasteiger partial charge on any atom is 0.261 e. The molecule has 2 aromatic carbocycles. The molecule has 1 aliphatic rings. The van der Waals surface area contributed by atoms with E-state index in [0.29, 0.717) is 17.9 Å². The van der Waals surface area contributed by atoms with Gasteiger partial charge in [-0.2, -0.15) is 0 Å². The van der Waals surface area contributed by atoms with E-state index in [9.17, 15) is 22.0 Å². The van der Waals surface area contributed by atoms with Gasteiger partial charge >= 0.3 is 0 Å². The predicted molar refractivity (Wildman–Crippen MR) is 87.6 cm³/mol. The molecule has 9 heteroatoms. The van der Waals surface area contributed by atoms with E-state index < -0.39 is 21.7 Å². The summed E-state index contributed by atoms with van der Waals surface area (Å²) in [6.07, 6.45) is 0.342. The maximum absolute atomic E-state index is 13.2. The van der Waals surface area contributed by atoms with Crippen LogP contribution in [0.4, 0.5) is 20.2 Å². The zero-order valence-electron chi connectivity index (χ0n) is 12.2. The van der Waals surface area contributed by atoms with Crippen LogP contribution < -0.4 is 10.0 Å². The summed E-state index contributed by atoms with van der Waals surface area (Å²) >= 11 is 1.45. The monoisotopic (exact) mass is 370 g/mol. The van der Waals surface area contributed by atoms with E-state index in [1.54, 1.807) is 6.07 Å². The Bertz CT molecular complexity index is 917. The lowest BCUT2D eigenvalue weighted by atomic mass is 10.3. The van der Waals surface area contributed by atoms with Crippen LogP contribution in [0, 0.1) is 11.6 Å². The Morgan fingerprint density at radius 2 is 1.88 bits per heavy atom. The first-order valence-corrected chi connectivity index (χ1v) is 9.36. The highest BCUT2D eigenvalue weighted by atomic mass is 32.2. The van der Waals surface area contributed by atoms with Crippen LogP contribution in [0.25, 0.3) is 0 Å². The number of fused-ring (bicyclic) bond motifs is 1. The number of carbonyl (C=O) groups excluding carboxylic acids is 1. The van der Waals surface area contributed by atoms with Crippen LogP contribution in [0.3, 0.4) is 0 Å². The van der Waals surface area contributed by atoms with E-state index in [1.165, 1.54) is 23.9 Å². The van der Waals surface area contributed by atoms with E-state index in [0.717, 1.165) is 23.1 Å². The summed E-state index contributed by atoms with van der Waals surface area (Å²) in [6, 6.07) is 7.05. The zero-order chi connectivity index (χ0) is 17.3. The minimum atomic E-state index is -4.01. The number of hydrogen-bond acceptors (Lipinski definition) is 4. The van der Waals surface area contributed by atoms with Crippen molar-refractivity contribution < 1.29 is 22.0 Å². The minimum absolute atomic E-state index is 0.0891. The predicted octanol–water partition coefficient (Wildman–Crippen LogP) is 3.20. The molecule has 0 bridgehead atoms. The molecule has 0 radical (unpaired) electrons. The fourth-order valence-electron chi connectivity index (χ4n) is 2.14. The first-order valence-electron chi connectivity index (χ1n) is 6.90. The first kappa shape index (κ1) is 16.7. The summed E-state index contributed by atoms with van der Waals surface area (Å²) in [5, 5.41) is 2.65. The van der Waals surface area contributed by atoms with Gasteiger partial charge in [-0.3, -0.25) is 9.52 Å². The summed E-state index contributed by atoms with van der Waals surface area (Å²) < 4.78 is 53.1. The van der Waals surface area contributed by atoms with Gasteiger partial charge in [0.15, 0.2) is 11.6 Å². The quantitative estimate of drug-likeness (QED) is 0.870. The molecule has 0 aromatic heterocycles. The van der Waals surface area contributed by atoms with Crippen LogP contribution in [0.2, 0.25) is 0 Å². The summed E-state index contributed by atoms with van der Waals surface area (Å²) in [5.74, 6) is -1.80. The SMILES string of the molecule is O=C1CCSc2ccc(S(=O)(=O)Nc3ccc(F)c(F)c3)cc2N1. The molecule has 24 heavy (non-hydrogen) atoms. The molecule has 0 fully saturated rings. The molecule has 126 valence electrons. The van der Waals surface area contributed by atoms with E-state index in [4.69, 9.17) is 0 Å². The van der Waals surface area contributed by atoms with Crippen molar-refractivity contribution in [2.75, 3.05) is 15.8 Å². The minimum Gasteiger partial charge on any atom is -0.325 e. The molecule has 1 amide bonds. The number of halogens is 2. The number of carbonyl (C=O) groups is 1. The van der Waals surface area contributed by atoms with Crippen LogP contribution in [0.1, 0.15) is 6.42 Å². The van der Waals surface area contributed by atoms with Gasteiger partial charge in [0.2, 0.25) is 5.91 Å². The van der Waals surface area contributed by atoms with Gasteiger partial charge in [-0.05, 0) is 30.3 Å². The number of rotatable bonds is 3.